The summed E-state index contributed by atoms with van der Waals surface area (Å²) in [6.45, 7) is 1.87. The number of carbonyl (C=O) groups excluding carboxylic acids is 2. The molecule has 114 valence electrons. The van der Waals surface area contributed by atoms with Crippen molar-refractivity contribution in [3.8, 4) is 5.75 Å². The average molecular weight is 289 g/mol. The molecule has 0 aromatic heterocycles. The number of benzene rings is 1. The van der Waals surface area contributed by atoms with Crippen molar-refractivity contribution in [3.05, 3.63) is 29.3 Å². The Labute approximate surface area is 125 Å². The van der Waals surface area contributed by atoms with Crippen LogP contribution in [0.1, 0.15) is 54.4 Å². The van der Waals surface area contributed by atoms with Crippen molar-refractivity contribution < 1.29 is 14.3 Å². The third-order valence-electron chi connectivity index (χ3n) is 3.87. The fraction of sp³-hybridized carbons (Fsp3) is 0.529. The molecule has 1 aromatic rings. The van der Waals surface area contributed by atoms with Crippen molar-refractivity contribution >= 4 is 12.2 Å². The predicted molar refractivity (Wildman–Crippen MR) is 81.7 cm³/mol. The molecule has 1 saturated carbocycles. The van der Waals surface area contributed by atoms with Gasteiger partial charge in [-0.2, -0.15) is 0 Å². The Kier molecular flexibility index (Phi) is 5.78. The molecule has 21 heavy (non-hydrogen) atoms. The van der Waals surface area contributed by atoms with Crippen LogP contribution < -0.4 is 10.1 Å². The molecule has 4 nitrogen and oxygen atoms in total. The Morgan fingerprint density at radius 3 is 2.67 bits per heavy atom. The maximum absolute atomic E-state index is 11.9. The molecule has 1 aliphatic carbocycles. The van der Waals surface area contributed by atoms with Crippen molar-refractivity contribution in [3.63, 3.8) is 0 Å². The van der Waals surface area contributed by atoms with E-state index in [9.17, 15) is 9.59 Å². The number of amides is 1. The second-order valence-corrected chi connectivity index (χ2v) is 5.70. The van der Waals surface area contributed by atoms with Gasteiger partial charge >= 0.3 is 0 Å². The van der Waals surface area contributed by atoms with Gasteiger partial charge in [-0.3, -0.25) is 9.59 Å². The Morgan fingerprint density at radius 1 is 1.29 bits per heavy atom. The third kappa shape index (κ3) is 4.88. The number of aldehydes is 1. The number of carbonyl (C=O) groups is 2. The van der Waals surface area contributed by atoms with E-state index in [1.807, 2.05) is 13.0 Å². The zero-order valence-corrected chi connectivity index (χ0v) is 12.6. The van der Waals surface area contributed by atoms with Crippen LogP contribution in [0.3, 0.4) is 0 Å². The summed E-state index contributed by atoms with van der Waals surface area (Å²) in [4.78, 5) is 22.9. The lowest BCUT2D eigenvalue weighted by atomic mass is 10.1. The lowest BCUT2D eigenvalue weighted by molar-refractivity contribution is -0.123. The van der Waals surface area contributed by atoms with Gasteiger partial charge in [-0.25, -0.2) is 0 Å². The van der Waals surface area contributed by atoms with E-state index in [0.717, 1.165) is 24.7 Å². The largest absolute Gasteiger partial charge is 0.483 e. The molecule has 1 aliphatic rings. The summed E-state index contributed by atoms with van der Waals surface area (Å²) in [7, 11) is 0. The zero-order chi connectivity index (χ0) is 15.1. The minimum absolute atomic E-state index is 0.0413. The summed E-state index contributed by atoms with van der Waals surface area (Å²) in [5.74, 6) is 0.353. The number of hydrogen-bond donors (Lipinski definition) is 1. The van der Waals surface area contributed by atoms with E-state index in [0.29, 0.717) is 11.3 Å². The highest BCUT2D eigenvalue weighted by Crippen LogP contribution is 2.19. The number of rotatable bonds is 5. The lowest BCUT2D eigenvalue weighted by Gasteiger charge is -2.16. The van der Waals surface area contributed by atoms with E-state index in [4.69, 9.17) is 4.74 Å². The van der Waals surface area contributed by atoms with Gasteiger partial charge in [0.25, 0.3) is 5.91 Å². The van der Waals surface area contributed by atoms with Crippen LogP contribution in [0.2, 0.25) is 0 Å². The molecular weight excluding hydrogens is 266 g/mol. The fourth-order valence-electron chi connectivity index (χ4n) is 2.73. The number of ether oxygens (including phenoxy) is 1. The molecule has 0 unspecified atom stereocenters. The number of aryl methyl sites for hydroxylation is 1. The topological polar surface area (TPSA) is 55.4 Å². The van der Waals surface area contributed by atoms with E-state index >= 15 is 0 Å². The molecule has 1 amide bonds. The summed E-state index contributed by atoms with van der Waals surface area (Å²) in [6, 6.07) is 5.63. The molecule has 4 heteroatoms. The summed E-state index contributed by atoms with van der Waals surface area (Å²) < 4.78 is 5.47. The molecule has 0 saturated heterocycles. The molecule has 1 fully saturated rings. The average Bonchev–Trinajstić information content (AvgIpc) is 2.74. The monoisotopic (exact) mass is 289 g/mol. The first-order valence-corrected chi connectivity index (χ1v) is 7.67. The summed E-state index contributed by atoms with van der Waals surface area (Å²) in [5.41, 5.74) is 1.48. The Hall–Kier alpha value is -1.84. The number of hydrogen-bond acceptors (Lipinski definition) is 3. The predicted octanol–water partition coefficient (Wildman–Crippen LogP) is 3.03. The van der Waals surface area contributed by atoms with Crippen molar-refractivity contribution in [2.75, 3.05) is 6.61 Å². The van der Waals surface area contributed by atoms with Crippen molar-refractivity contribution in [2.45, 2.75) is 51.5 Å². The summed E-state index contributed by atoms with van der Waals surface area (Å²) >= 11 is 0. The van der Waals surface area contributed by atoms with Gasteiger partial charge in [-0.05, 0) is 31.9 Å². The van der Waals surface area contributed by atoms with Gasteiger partial charge in [0.2, 0.25) is 0 Å². The normalized spacial score (nSPS) is 16.0. The molecule has 0 radical (unpaired) electrons. The zero-order valence-electron chi connectivity index (χ0n) is 12.6. The minimum Gasteiger partial charge on any atom is -0.483 e. The van der Waals surface area contributed by atoms with Crippen molar-refractivity contribution in [2.24, 2.45) is 0 Å². The maximum atomic E-state index is 11.9. The van der Waals surface area contributed by atoms with Gasteiger partial charge in [-0.15, -0.1) is 0 Å². The lowest BCUT2D eigenvalue weighted by Crippen LogP contribution is -2.37. The van der Waals surface area contributed by atoms with E-state index < -0.39 is 0 Å². The van der Waals surface area contributed by atoms with Gasteiger partial charge in [-0.1, -0.05) is 37.3 Å². The molecule has 2 rings (SSSR count). The van der Waals surface area contributed by atoms with Gasteiger partial charge < -0.3 is 10.1 Å². The molecule has 0 aliphatic heterocycles. The Morgan fingerprint density at radius 2 is 2.00 bits per heavy atom. The van der Waals surface area contributed by atoms with Crippen LogP contribution >= 0.6 is 0 Å². The molecule has 0 atom stereocenters. The molecule has 1 aromatic carbocycles. The SMILES string of the molecule is Cc1ccc(OCC(=O)NC2CCCCCC2)c(C=O)c1. The van der Waals surface area contributed by atoms with Crippen LogP contribution in [0.15, 0.2) is 18.2 Å². The highest BCUT2D eigenvalue weighted by Gasteiger charge is 2.15. The van der Waals surface area contributed by atoms with Gasteiger partial charge in [0.15, 0.2) is 12.9 Å². The molecular formula is C17H23NO3. The van der Waals surface area contributed by atoms with Crippen LogP contribution in [0.5, 0.6) is 5.75 Å². The summed E-state index contributed by atoms with van der Waals surface area (Å²) in [5, 5.41) is 3.03. The van der Waals surface area contributed by atoms with Crippen molar-refractivity contribution in [1.29, 1.82) is 0 Å². The summed E-state index contributed by atoms with van der Waals surface area (Å²) in [6.07, 6.45) is 7.74. The third-order valence-corrected chi connectivity index (χ3v) is 3.87. The Balaban J connectivity index is 1.84. The van der Waals surface area contributed by atoms with E-state index in [1.165, 1.54) is 25.7 Å². The molecule has 0 spiro atoms. The maximum Gasteiger partial charge on any atom is 0.258 e. The first-order valence-electron chi connectivity index (χ1n) is 7.67. The van der Waals surface area contributed by atoms with E-state index in [1.54, 1.807) is 12.1 Å². The van der Waals surface area contributed by atoms with Crippen LogP contribution in [0.25, 0.3) is 0 Å². The molecule has 1 N–H and O–H groups in total. The van der Waals surface area contributed by atoms with Crippen LogP contribution in [0.4, 0.5) is 0 Å². The Bertz CT molecular complexity index is 491. The first kappa shape index (κ1) is 15.5. The van der Waals surface area contributed by atoms with E-state index in [-0.39, 0.29) is 18.6 Å². The second-order valence-electron chi connectivity index (χ2n) is 5.70. The minimum atomic E-state index is -0.112. The van der Waals surface area contributed by atoms with Crippen LogP contribution in [-0.4, -0.2) is 24.8 Å². The van der Waals surface area contributed by atoms with Crippen LogP contribution in [-0.2, 0) is 4.79 Å². The highest BCUT2D eigenvalue weighted by molar-refractivity contribution is 5.81. The first-order chi connectivity index (χ1) is 10.2. The number of nitrogens with one attached hydrogen (secondary N) is 1. The molecule has 0 bridgehead atoms. The molecule has 0 heterocycles. The van der Waals surface area contributed by atoms with Gasteiger partial charge in [0, 0.05) is 6.04 Å². The fourth-order valence-corrected chi connectivity index (χ4v) is 2.73. The standard InChI is InChI=1S/C17H23NO3/c1-13-8-9-16(14(10-13)11-19)21-12-17(20)18-15-6-4-2-3-5-7-15/h8-11,15H,2-7,12H2,1H3,(H,18,20). The van der Waals surface area contributed by atoms with E-state index in [2.05, 4.69) is 5.32 Å². The van der Waals surface area contributed by atoms with Crippen LogP contribution in [0, 0.1) is 6.92 Å². The smallest absolute Gasteiger partial charge is 0.258 e. The quantitative estimate of drug-likeness (QED) is 0.669. The van der Waals surface area contributed by atoms with Gasteiger partial charge in [0.1, 0.15) is 5.75 Å². The highest BCUT2D eigenvalue weighted by atomic mass is 16.5. The van der Waals surface area contributed by atoms with Crippen molar-refractivity contribution in [1.82, 2.24) is 5.32 Å². The van der Waals surface area contributed by atoms with Gasteiger partial charge in [0.05, 0.1) is 5.56 Å². The second kappa shape index (κ2) is 7.81.